The average molecular weight is 283 g/mol. The fraction of sp³-hybridized carbons (Fsp3) is 0.273. The molecule has 0 radical (unpaired) electrons. The van der Waals surface area contributed by atoms with Gasteiger partial charge in [0.2, 0.25) is 0 Å². The number of rotatable bonds is 3. The van der Waals surface area contributed by atoms with Crippen LogP contribution in [0.1, 0.15) is 4.88 Å². The third-order valence-corrected chi connectivity index (χ3v) is 4.25. The molecule has 0 atom stereocenters. The Morgan fingerprint density at radius 1 is 1.39 bits per heavy atom. The van der Waals surface area contributed by atoms with E-state index in [4.69, 9.17) is 14.6 Å². The first-order valence-electron chi connectivity index (χ1n) is 5.27. The summed E-state index contributed by atoms with van der Waals surface area (Å²) >= 11 is 2.81. The highest BCUT2D eigenvalue weighted by atomic mass is 32.1. The van der Waals surface area contributed by atoms with Gasteiger partial charge >= 0.3 is 5.97 Å². The topological polar surface area (TPSA) is 68.7 Å². The summed E-state index contributed by atoms with van der Waals surface area (Å²) in [5.41, 5.74) is 2.35. The zero-order valence-corrected chi connectivity index (χ0v) is 10.8. The highest BCUT2D eigenvalue weighted by molar-refractivity contribution is 7.15. The first-order valence-corrected chi connectivity index (χ1v) is 7.03. The Morgan fingerprint density at radius 2 is 2.22 bits per heavy atom. The second-order valence-electron chi connectivity index (χ2n) is 3.65. The number of hydrogen-bond donors (Lipinski definition) is 1. The van der Waals surface area contributed by atoms with Crippen molar-refractivity contribution in [1.82, 2.24) is 4.98 Å². The maximum absolute atomic E-state index is 10.8. The number of aromatic nitrogens is 1. The van der Waals surface area contributed by atoms with E-state index in [1.54, 1.807) is 5.51 Å². The van der Waals surface area contributed by atoms with Gasteiger partial charge in [0.05, 0.1) is 22.5 Å². The average Bonchev–Trinajstić information content (AvgIpc) is 2.94. The molecule has 7 heteroatoms. The van der Waals surface area contributed by atoms with E-state index in [0.29, 0.717) is 24.7 Å². The number of nitrogens with zero attached hydrogens (tertiary/aromatic N) is 1. The van der Waals surface area contributed by atoms with Crippen molar-refractivity contribution in [2.75, 3.05) is 13.2 Å². The standard InChI is InChI=1S/C11H9NO4S2/c13-8(14)3-7-9(12-5-18-7)11-10-6(4-17-11)15-1-2-16-10/h4-5H,1-3H2,(H,13,14). The van der Waals surface area contributed by atoms with Crippen molar-refractivity contribution >= 4 is 28.6 Å². The fourth-order valence-electron chi connectivity index (χ4n) is 1.74. The van der Waals surface area contributed by atoms with Crippen LogP contribution in [0.3, 0.4) is 0 Å². The van der Waals surface area contributed by atoms with Crippen LogP contribution in [0.4, 0.5) is 0 Å². The molecule has 0 unspecified atom stereocenters. The molecule has 2 aromatic heterocycles. The highest BCUT2D eigenvalue weighted by Crippen LogP contribution is 2.46. The number of hydrogen-bond acceptors (Lipinski definition) is 6. The summed E-state index contributed by atoms with van der Waals surface area (Å²) in [6, 6.07) is 0. The molecule has 0 saturated carbocycles. The third kappa shape index (κ3) is 1.95. The molecule has 0 aromatic carbocycles. The summed E-state index contributed by atoms with van der Waals surface area (Å²) in [5.74, 6) is 0.544. The summed E-state index contributed by atoms with van der Waals surface area (Å²) in [4.78, 5) is 16.6. The molecule has 1 N–H and O–H groups in total. The zero-order valence-electron chi connectivity index (χ0n) is 9.21. The maximum Gasteiger partial charge on any atom is 0.308 e. The summed E-state index contributed by atoms with van der Waals surface area (Å²) < 4.78 is 11.0. The second kappa shape index (κ2) is 4.58. The van der Waals surface area contributed by atoms with Gasteiger partial charge in [0, 0.05) is 10.3 Å². The summed E-state index contributed by atoms with van der Waals surface area (Å²) in [5, 5.41) is 10.7. The van der Waals surface area contributed by atoms with E-state index in [-0.39, 0.29) is 6.42 Å². The van der Waals surface area contributed by atoms with E-state index < -0.39 is 5.97 Å². The molecular formula is C11H9NO4S2. The van der Waals surface area contributed by atoms with Crippen LogP contribution in [-0.4, -0.2) is 29.3 Å². The number of carboxylic acid groups (broad SMARTS) is 1. The first kappa shape index (κ1) is 11.5. The molecule has 3 rings (SSSR count). The summed E-state index contributed by atoms with van der Waals surface area (Å²) in [6.45, 7) is 1.05. The fourth-order valence-corrected chi connectivity index (χ4v) is 3.52. The SMILES string of the molecule is O=C(O)Cc1scnc1-c1scc2c1OCCO2. The molecule has 0 aliphatic carbocycles. The van der Waals surface area contributed by atoms with Crippen molar-refractivity contribution in [2.45, 2.75) is 6.42 Å². The third-order valence-electron chi connectivity index (χ3n) is 2.47. The van der Waals surface area contributed by atoms with Gasteiger partial charge in [0.1, 0.15) is 13.2 Å². The van der Waals surface area contributed by atoms with Crippen molar-refractivity contribution in [3.8, 4) is 22.1 Å². The second-order valence-corrected chi connectivity index (χ2v) is 5.47. The summed E-state index contributed by atoms with van der Waals surface area (Å²) in [6.07, 6.45) is -0.0203. The predicted molar refractivity (Wildman–Crippen MR) is 67.8 cm³/mol. The minimum absolute atomic E-state index is 0.0203. The molecule has 0 spiro atoms. The van der Waals surface area contributed by atoms with Gasteiger partial charge in [0.25, 0.3) is 0 Å². The minimum Gasteiger partial charge on any atom is -0.485 e. The van der Waals surface area contributed by atoms with Crippen LogP contribution in [0.15, 0.2) is 10.9 Å². The van der Waals surface area contributed by atoms with Crippen molar-refractivity contribution in [3.05, 3.63) is 15.8 Å². The van der Waals surface area contributed by atoms with Crippen molar-refractivity contribution < 1.29 is 19.4 Å². The molecule has 0 bridgehead atoms. The lowest BCUT2D eigenvalue weighted by atomic mass is 10.2. The lowest BCUT2D eigenvalue weighted by molar-refractivity contribution is -0.136. The quantitative estimate of drug-likeness (QED) is 0.935. The molecule has 0 saturated heterocycles. The van der Waals surface area contributed by atoms with Crippen molar-refractivity contribution in [3.63, 3.8) is 0 Å². The van der Waals surface area contributed by atoms with Crippen LogP contribution in [-0.2, 0) is 11.2 Å². The Bertz CT molecular complexity index is 590. The maximum atomic E-state index is 10.8. The number of ether oxygens (including phenoxy) is 2. The Kier molecular flexibility index (Phi) is 2.92. The zero-order chi connectivity index (χ0) is 12.5. The van der Waals surface area contributed by atoms with Crippen LogP contribution >= 0.6 is 22.7 Å². The predicted octanol–water partition coefficient (Wildman–Crippen LogP) is 2.27. The van der Waals surface area contributed by atoms with Gasteiger partial charge in [-0.25, -0.2) is 4.98 Å². The number of thiazole rings is 1. The molecule has 2 aromatic rings. The molecule has 1 aliphatic heterocycles. The van der Waals surface area contributed by atoms with Gasteiger partial charge in [-0.1, -0.05) is 0 Å². The van der Waals surface area contributed by atoms with Crippen molar-refractivity contribution in [2.24, 2.45) is 0 Å². The molecular weight excluding hydrogens is 274 g/mol. The van der Waals surface area contributed by atoms with Gasteiger partial charge in [-0.15, -0.1) is 22.7 Å². The number of fused-ring (bicyclic) bond motifs is 1. The monoisotopic (exact) mass is 283 g/mol. The van der Waals surface area contributed by atoms with Crippen LogP contribution in [0, 0.1) is 0 Å². The lowest BCUT2D eigenvalue weighted by Crippen LogP contribution is -2.14. The number of carbonyl (C=O) groups is 1. The number of aliphatic carboxylic acids is 1. The molecule has 1 aliphatic rings. The van der Waals surface area contributed by atoms with E-state index in [1.165, 1.54) is 22.7 Å². The van der Waals surface area contributed by atoms with E-state index >= 15 is 0 Å². The van der Waals surface area contributed by atoms with Crippen LogP contribution in [0.2, 0.25) is 0 Å². The Balaban J connectivity index is 2.02. The van der Waals surface area contributed by atoms with Gasteiger partial charge in [-0.3, -0.25) is 4.79 Å². The Labute approximate surface area is 111 Å². The van der Waals surface area contributed by atoms with Gasteiger partial charge in [-0.05, 0) is 0 Å². The minimum atomic E-state index is -0.858. The molecule has 3 heterocycles. The van der Waals surface area contributed by atoms with Gasteiger partial charge in [-0.2, -0.15) is 0 Å². The largest absolute Gasteiger partial charge is 0.485 e. The van der Waals surface area contributed by atoms with Gasteiger partial charge < -0.3 is 14.6 Å². The molecule has 5 nitrogen and oxygen atoms in total. The van der Waals surface area contributed by atoms with E-state index in [1.807, 2.05) is 5.38 Å². The van der Waals surface area contributed by atoms with E-state index in [2.05, 4.69) is 4.98 Å². The van der Waals surface area contributed by atoms with E-state index in [9.17, 15) is 4.79 Å². The van der Waals surface area contributed by atoms with Crippen LogP contribution in [0.5, 0.6) is 11.5 Å². The van der Waals surface area contributed by atoms with Crippen LogP contribution in [0.25, 0.3) is 10.6 Å². The molecule has 18 heavy (non-hydrogen) atoms. The highest BCUT2D eigenvalue weighted by Gasteiger charge is 2.23. The van der Waals surface area contributed by atoms with E-state index in [0.717, 1.165) is 15.5 Å². The number of thiophene rings is 1. The molecule has 0 fully saturated rings. The normalized spacial score (nSPS) is 13.6. The summed E-state index contributed by atoms with van der Waals surface area (Å²) in [7, 11) is 0. The Morgan fingerprint density at radius 3 is 3.06 bits per heavy atom. The molecule has 94 valence electrons. The number of carboxylic acids is 1. The van der Waals surface area contributed by atoms with Crippen molar-refractivity contribution in [1.29, 1.82) is 0 Å². The molecule has 0 amide bonds. The Hall–Kier alpha value is -1.60. The lowest BCUT2D eigenvalue weighted by Gasteiger charge is -2.15. The first-order chi connectivity index (χ1) is 8.75. The van der Waals surface area contributed by atoms with Crippen LogP contribution < -0.4 is 9.47 Å². The van der Waals surface area contributed by atoms with Gasteiger partial charge in [0.15, 0.2) is 11.5 Å². The smallest absolute Gasteiger partial charge is 0.308 e.